The van der Waals surface area contributed by atoms with Crippen molar-refractivity contribution in [3.8, 4) is 0 Å². The van der Waals surface area contributed by atoms with E-state index in [2.05, 4.69) is 35.6 Å². The normalized spacial score (nSPS) is 17.7. The predicted molar refractivity (Wildman–Crippen MR) is 71.2 cm³/mol. The summed E-state index contributed by atoms with van der Waals surface area (Å²) in [4.78, 5) is 0. The standard InChI is InChI=1S/C15H17NO/c17-15(8-3-9-15)11-16-14-7-6-12-4-1-2-5-13(12)10-14/h1-2,4-7,10,16-17H,3,8-9,11H2. The van der Waals surface area contributed by atoms with Crippen molar-refractivity contribution in [2.45, 2.75) is 24.9 Å². The molecule has 1 aliphatic rings. The van der Waals surface area contributed by atoms with Gasteiger partial charge in [-0.15, -0.1) is 0 Å². The highest BCUT2D eigenvalue weighted by molar-refractivity contribution is 5.85. The number of nitrogens with one attached hydrogen (secondary N) is 1. The average molecular weight is 227 g/mol. The zero-order chi connectivity index (χ0) is 11.7. The van der Waals surface area contributed by atoms with E-state index in [0.717, 1.165) is 24.9 Å². The molecule has 3 rings (SSSR count). The van der Waals surface area contributed by atoms with Crippen LogP contribution in [0.2, 0.25) is 0 Å². The summed E-state index contributed by atoms with van der Waals surface area (Å²) >= 11 is 0. The first-order valence-electron chi connectivity index (χ1n) is 6.20. The molecule has 0 amide bonds. The molecule has 0 aliphatic heterocycles. The highest BCUT2D eigenvalue weighted by Crippen LogP contribution is 2.31. The van der Waals surface area contributed by atoms with Gasteiger partial charge >= 0.3 is 0 Å². The van der Waals surface area contributed by atoms with Crippen molar-refractivity contribution in [1.29, 1.82) is 0 Å². The molecule has 0 heterocycles. The van der Waals surface area contributed by atoms with Crippen LogP contribution in [0.25, 0.3) is 10.8 Å². The fraction of sp³-hybridized carbons (Fsp3) is 0.333. The Morgan fingerprint density at radius 3 is 2.53 bits per heavy atom. The van der Waals surface area contributed by atoms with Crippen LogP contribution in [-0.2, 0) is 0 Å². The van der Waals surface area contributed by atoms with Gasteiger partial charge in [-0.1, -0.05) is 30.3 Å². The van der Waals surface area contributed by atoms with Crippen LogP contribution in [0.4, 0.5) is 5.69 Å². The molecule has 2 N–H and O–H groups in total. The number of benzene rings is 2. The Bertz CT molecular complexity index is 531. The Labute approximate surface area is 101 Å². The van der Waals surface area contributed by atoms with E-state index in [1.54, 1.807) is 0 Å². The monoisotopic (exact) mass is 227 g/mol. The van der Waals surface area contributed by atoms with Crippen LogP contribution < -0.4 is 5.32 Å². The number of rotatable bonds is 3. The summed E-state index contributed by atoms with van der Waals surface area (Å²) in [7, 11) is 0. The number of hydrogen-bond acceptors (Lipinski definition) is 2. The third-order valence-corrected chi connectivity index (χ3v) is 3.66. The third kappa shape index (κ3) is 2.13. The highest BCUT2D eigenvalue weighted by atomic mass is 16.3. The number of hydrogen-bond donors (Lipinski definition) is 2. The molecule has 0 saturated heterocycles. The molecule has 1 fully saturated rings. The Balaban J connectivity index is 1.76. The Hall–Kier alpha value is -1.54. The van der Waals surface area contributed by atoms with Gasteiger partial charge in [-0.2, -0.15) is 0 Å². The van der Waals surface area contributed by atoms with Crippen molar-refractivity contribution < 1.29 is 5.11 Å². The van der Waals surface area contributed by atoms with E-state index in [0.29, 0.717) is 6.54 Å². The lowest BCUT2D eigenvalue weighted by Gasteiger charge is -2.36. The number of fused-ring (bicyclic) bond motifs is 1. The maximum Gasteiger partial charge on any atom is 0.0819 e. The van der Waals surface area contributed by atoms with Gasteiger partial charge < -0.3 is 10.4 Å². The van der Waals surface area contributed by atoms with Crippen LogP contribution in [-0.4, -0.2) is 17.3 Å². The van der Waals surface area contributed by atoms with E-state index < -0.39 is 5.60 Å². The lowest BCUT2D eigenvalue weighted by Crippen LogP contribution is -2.43. The van der Waals surface area contributed by atoms with Crippen molar-refractivity contribution in [2.24, 2.45) is 0 Å². The second-order valence-corrected chi connectivity index (χ2v) is 4.99. The smallest absolute Gasteiger partial charge is 0.0819 e. The maximum atomic E-state index is 10.0. The second kappa shape index (κ2) is 4.04. The van der Waals surface area contributed by atoms with Crippen LogP contribution in [0.5, 0.6) is 0 Å². The van der Waals surface area contributed by atoms with Gasteiger partial charge in [0.2, 0.25) is 0 Å². The molecule has 2 aromatic carbocycles. The summed E-state index contributed by atoms with van der Waals surface area (Å²) < 4.78 is 0. The summed E-state index contributed by atoms with van der Waals surface area (Å²) in [5.74, 6) is 0. The first kappa shape index (κ1) is 10.6. The quantitative estimate of drug-likeness (QED) is 0.844. The molecule has 88 valence electrons. The van der Waals surface area contributed by atoms with Crippen LogP contribution >= 0.6 is 0 Å². The summed E-state index contributed by atoms with van der Waals surface area (Å²) in [5, 5.41) is 15.8. The fourth-order valence-corrected chi connectivity index (χ4v) is 2.33. The van der Waals surface area contributed by atoms with Crippen molar-refractivity contribution in [3.05, 3.63) is 42.5 Å². The summed E-state index contributed by atoms with van der Waals surface area (Å²) in [6.45, 7) is 0.658. The zero-order valence-corrected chi connectivity index (χ0v) is 9.82. The van der Waals surface area contributed by atoms with Gasteiger partial charge in [-0.25, -0.2) is 0 Å². The van der Waals surface area contributed by atoms with Gasteiger partial charge in [-0.05, 0) is 42.2 Å². The molecular formula is C15H17NO. The van der Waals surface area contributed by atoms with E-state index in [-0.39, 0.29) is 0 Å². The lowest BCUT2D eigenvalue weighted by atomic mass is 9.80. The van der Waals surface area contributed by atoms with Gasteiger partial charge in [0.1, 0.15) is 0 Å². The molecule has 1 saturated carbocycles. The minimum absolute atomic E-state index is 0.467. The minimum atomic E-state index is -0.467. The topological polar surface area (TPSA) is 32.3 Å². The van der Waals surface area contributed by atoms with Crippen molar-refractivity contribution >= 4 is 16.5 Å². The average Bonchev–Trinajstić information content (AvgIpc) is 2.34. The largest absolute Gasteiger partial charge is 0.388 e. The zero-order valence-electron chi connectivity index (χ0n) is 9.82. The number of anilines is 1. The molecule has 0 unspecified atom stereocenters. The van der Waals surface area contributed by atoms with E-state index in [4.69, 9.17) is 0 Å². The van der Waals surface area contributed by atoms with Crippen molar-refractivity contribution in [2.75, 3.05) is 11.9 Å². The second-order valence-electron chi connectivity index (χ2n) is 4.99. The first-order chi connectivity index (χ1) is 8.25. The van der Waals surface area contributed by atoms with Gasteiger partial charge in [0.15, 0.2) is 0 Å². The highest BCUT2D eigenvalue weighted by Gasteiger charge is 2.33. The van der Waals surface area contributed by atoms with Gasteiger partial charge in [0, 0.05) is 12.2 Å². The molecule has 0 atom stereocenters. The molecule has 2 heteroatoms. The molecule has 2 nitrogen and oxygen atoms in total. The lowest BCUT2D eigenvalue weighted by molar-refractivity contribution is -0.0201. The summed E-state index contributed by atoms with van der Waals surface area (Å²) in [6, 6.07) is 14.6. The van der Waals surface area contributed by atoms with Crippen molar-refractivity contribution in [3.63, 3.8) is 0 Å². The third-order valence-electron chi connectivity index (χ3n) is 3.66. The Kier molecular flexibility index (Phi) is 2.52. The molecule has 0 bridgehead atoms. The molecule has 1 aliphatic carbocycles. The predicted octanol–water partition coefficient (Wildman–Crippen LogP) is 3.17. The fourth-order valence-electron chi connectivity index (χ4n) is 2.33. The molecule has 2 aromatic rings. The van der Waals surface area contributed by atoms with Crippen LogP contribution in [0, 0.1) is 0 Å². The van der Waals surface area contributed by atoms with E-state index in [1.807, 2.05) is 12.1 Å². The SMILES string of the molecule is OC1(CNc2ccc3ccccc3c2)CCC1. The van der Waals surface area contributed by atoms with E-state index in [9.17, 15) is 5.11 Å². The first-order valence-corrected chi connectivity index (χ1v) is 6.20. The van der Waals surface area contributed by atoms with E-state index in [1.165, 1.54) is 10.8 Å². The van der Waals surface area contributed by atoms with Crippen LogP contribution in [0.15, 0.2) is 42.5 Å². The summed E-state index contributed by atoms with van der Waals surface area (Å²) in [6.07, 6.45) is 3.00. The van der Waals surface area contributed by atoms with Gasteiger partial charge in [0.25, 0.3) is 0 Å². The van der Waals surface area contributed by atoms with Gasteiger partial charge in [0.05, 0.1) is 5.60 Å². The minimum Gasteiger partial charge on any atom is -0.388 e. The van der Waals surface area contributed by atoms with E-state index >= 15 is 0 Å². The molecule has 0 spiro atoms. The van der Waals surface area contributed by atoms with Crippen molar-refractivity contribution in [1.82, 2.24) is 0 Å². The summed E-state index contributed by atoms with van der Waals surface area (Å²) in [5.41, 5.74) is 0.620. The maximum absolute atomic E-state index is 10.0. The molecule has 0 radical (unpaired) electrons. The Morgan fingerprint density at radius 1 is 1.06 bits per heavy atom. The molecule has 0 aromatic heterocycles. The van der Waals surface area contributed by atoms with Crippen LogP contribution in [0.1, 0.15) is 19.3 Å². The van der Waals surface area contributed by atoms with Gasteiger partial charge in [-0.3, -0.25) is 0 Å². The molecule has 17 heavy (non-hydrogen) atoms. The molecular weight excluding hydrogens is 210 g/mol. The number of aliphatic hydroxyl groups is 1. The Morgan fingerprint density at radius 2 is 1.82 bits per heavy atom. The van der Waals surface area contributed by atoms with Crippen LogP contribution in [0.3, 0.4) is 0 Å².